The van der Waals surface area contributed by atoms with Crippen molar-refractivity contribution in [3.05, 3.63) is 5.01 Å². The van der Waals surface area contributed by atoms with E-state index in [1.54, 1.807) is 6.92 Å². The molecule has 0 atom stereocenters. The lowest BCUT2D eigenvalue weighted by molar-refractivity contribution is -0.729. The molecule has 1 aromatic rings. The minimum absolute atomic E-state index is 0.282. The van der Waals surface area contributed by atoms with Gasteiger partial charge in [-0.05, 0) is 18.3 Å². The molecule has 60 valence electrons. The Balaban J connectivity index is 2.85. The predicted molar refractivity (Wildman–Crippen MR) is 36.5 cm³/mol. The molecule has 0 aliphatic rings. The Kier molecular flexibility index (Phi) is 2.04. The van der Waals surface area contributed by atoms with E-state index in [4.69, 9.17) is 5.73 Å². The van der Waals surface area contributed by atoms with E-state index >= 15 is 0 Å². The van der Waals surface area contributed by atoms with Crippen LogP contribution in [-0.2, 0) is 11.3 Å². The molecular weight excluding hydrogens is 166 g/mol. The minimum atomic E-state index is -1.19. The topological polar surface area (TPSA) is 82.9 Å². The summed E-state index contributed by atoms with van der Waals surface area (Å²) >= 11 is 1.25. The summed E-state index contributed by atoms with van der Waals surface area (Å²) in [4.78, 5) is 10.1. The SMILES string of the molecule is Cc1n[n+](CC(=O)[O-])c(N)s1. The highest BCUT2D eigenvalue weighted by molar-refractivity contribution is 7.14. The number of nitrogens with zero attached hydrogens (tertiary/aromatic N) is 2. The van der Waals surface area contributed by atoms with Gasteiger partial charge in [0.2, 0.25) is 0 Å². The van der Waals surface area contributed by atoms with Crippen LogP contribution in [0.5, 0.6) is 0 Å². The van der Waals surface area contributed by atoms with Crippen molar-refractivity contribution in [3.63, 3.8) is 0 Å². The first-order chi connectivity index (χ1) is 5.09. The molecule has 0 aliphatic heterocycles. The van der Waals surface area contributed by atoms with E-state index < -0.39 is 5.97 Å². The van der Waals surface area contributed by atoms with E-state index in [1.807, 2.05) is 0 Å². The lowest BCUT2D eigenvalue weighted by atomic mass is 10.7. The van der Waals surface area contributed by atoms with Crippen LogP contribution < -0.4 is 15.5 Å². The molecular formula is C5H7N3O2S. The number of rotatable bonds is 2. The molecule has 11 heavy (non-hydrogen) atoms. The summed E-state index contributed by atoms with van der Waals surface area (Å²) in [6.07, 6.45) is 0. The molecule has 1 heterocycles. The molecule has 0 radical (unpaired) electrons. The number of hydrogen-bond donors (Lipinski definition) is 1. The van der Waals surface area contributed by atoms with Gasteiger partial charge in [0.25, 0.3) is 0 Å². The largest absolute Gasteiger partial charge is 0.546 e. The monoisotopic (exact) mass is 173 g/mol. The fourth-order valence-electron chi connectivity index (χ4n) is 0.679. The number of aryl methyl sites for hydroxylation is 1. The Bertz CT molecular complexity index is 283. The normalized spacial score (nSPS) is 9.91. The third-order valence-electron chi connectivity index (χ3n) is 1.05. The number of aromatic nitrogens is 2. The van der Waals surface area contributed by atoms with Crippen LogP contribution in [0, 0.1) is 6.92 Å². The van der Waals surface area contributed by atoms with E-state index in [0.717, 1.165) is 5.01 Å². The summed E-state index contributed by atoms with van der Waals surface area (Å²) in [6, 6.07) is 0. The first kappa shape index (κ1) is 7.93. The van der Waals surface area contributed by atoms with Gasteiger partial charge in [0.1, 0.15) is 5.01 Å². The zero-order chi connectivity index (χ0) is 8.43. The van der Waals surface area contributed by atoms with Gasteiger partial charge in [-0.3, -0.25) is 5.73 Å². The van der Waals surface area contributed by atoms with E-state index in [1.165, 1.54) is 16.0 Å². The third kappa shape index (κ3) is 1.87. The van der Waals surface area contributed by atoms with Crippen LogP contribution in [0.4, 0.5) is 5.13 Å². The first-order valence-electron chi connectivity index (χ1n) is 2.92. The van der Waals surface area contributed by atoms with E-state index in [0.29, 0.717) is 5.13 Å². The summed E-state index contributed by atoms with van der Waals surface area (Å²) in [7, 11) is 0. The quantitative estimate of drug-likeness (QED) is 0.528. The molecule has 0 saturated carbocycles. The summed E-state index contributed by atoms with van der Waals surface area (Å²) in [5, 5.41) is 15.1. The Morgan fingerprint density at radius 1 is 1.91 bits per heavy atom. The van der Waals surface area contributed by atoms with Gasteiger partial charge in [0.05, 0.1) is 5.97 Å². The van der Waals surface area contributed by atoms with Gasteiger partial charge >= 0.3 is 5.13 Å². The molecule has 0 amide bonds. The van der Waals surface area contributed by atoms with Crippen LogP contribution in [-0.4, -0.2) is 11.1 Å². The standard InChI is InChI=1S/C5H7N3O2S/c1-3-7-8(2-4(9)10)5(6)11-3/h6H,2H2,1H3,(H,9,10). The molecule has 0 aromatic carbocycles. The summed E-state index contributed by atoms with van der Waals surface area (Å²) in [6.45, 7) is 1.48. The fraction of sp³-hybridized carbons (Fsp3) is 0.400. The minimum Gasteiger partial charge on any atom is -0.546 e. The van der Waals surface area contributed by atoms with E-state index in [-0.39, 0.29) is 6.54 Å². The van der Waals surface area contributed by atoms with Gasteiger partial charge in [-0.1, -0.05) is 5.10 Å². The van der Waals surface area contributed by atoms with E-state index in [2.05, 4.69) is 5.10 Å². The average Bonchev–Trinajstić information content (AvgIpc) is 2.09. The molecule has 1 aromatic heterocycles. The molecule has 5 nitrogen and oxygen atoms in total. The van der Waals surface area contributed by atoms with Crippen LogP contribution in [0.15, 0.2) is 0 Å². The second kappa shape index (κ2) is 2.83. The van der Waals surface area contributed by atoms with Crippen molar-refractivity contribution in [2.75, 3.05) is 5.73 Å². The average molecular weight is 173 g/mol. The zero-order valence-electron chi connectivity index (χ0n) is 5.90. The molecule has 0 fully saturated rings. The third-order valence-corrected chi connectivity index (χ3v) is 1.84. The van der Waals surface area contributed by atoms with Crippen molar-refractivity contribution in [2.24, 2.45) is 0 Å². The lowest BCUT2D eigenvalue weighted by Gasteiger charge is -1.94. The smallest absolute Gasteiger partial charge is 0.354 e. The maximum atomic E-state index is 10.1. The van der Waals surface area contributed by atoms with Crippen LogP contribution in [0.1, 0.15) is 5.01 Å². The highest BCUT2D eigenvalue weighted by atomic mass is 32.1. The highest BCUT2D eigenvalue weighted by Gasteiger charge is 2.10. The Morgan fingerprint density at radius 2 is 2.55 bits per heavy atom. The molecule has 0 spiro atoms. The van der Waals surface area contributed by atoms with Crippen LogP contribution >= 0.6 is 11.3 Å². The molecule has 0 bridgehead atoms. The maximum absolute atomic E-state index is 10.1. The number of aliphatic carboxylic acids is 1. The molecule has 2 N–H and O–H groups in total. The highest BCUT2D eigenvalue weighted by Crippen LogP contribution is 2.06. The van der Waals surface area contributed by atoms with Gasteiger partial charge in [-0.15, -0.1) is 4.68 Å². The number of nitrogen functional groups attached to an aromatic ring is 1. The van der Waals surface area contributed by atoms with Gasteiger partial charge in [0, 0.05) is 0 Å². The van der Waals surface area contributed by atoms with Crippen LogP contribution in [0.25, 0.3) is 0 Å². The van der Waals surface area contributed by atoms with Crippen LogP contribution in [0.3, 0.4) is 0 Å². The molecule has 1 rings (SSSR count). The molecule has 0 saturated heterocycles. The van der Waals surface area contributed by atoms with Crippen molar-refractivity contribution in [1.82, 2.24) is 5.10 Å². The van der Waals surface area contributed by atoms with Crippen molar-refractivity contribution in [3.8, 4) is 0 Å². The number of carbonyl (C=O) groups is 1. The number of nitrogens with two attached hydrogens (primary N) is 1. The lowest BCUT2D eigenvalue weighted by Crippen LogP contribution is -2.46. The molecule has 6 heteroatoms. The summed E-state index contributed by atoms with van der Waals surface area (Å²) in [5.41, 5.74) is 5.42. The van der Waals surface area contributed by atoms with Gasteiger partial charge in [-0.25, -0.2) is 0 Å². The van der Waals surface area contributed by atoms with Crippen molar-refractivity contribution < 1.29 is 14.6 Å². The van der Waals surface area contributed by atoms with Crippen molar-refractivity contribution >= 4 is 22.4 Å². The zero-order valence-corrected chi connectivity index (χ0v) is 6.72. The van der Waals surface area contributed by atoms with Gasteiger partial charge in [-0.2, -0.15) is 0 Å². The van der Waals surface area contributed by atoms with Crippen molar-refractivity contribution in [2.45, 2.75) is 13.5 Å². The Hall–Kier alpha value is -1.17. The Labute approximate surface area is 67.1 Å². The molecule has 0 unspecified atom stereocenters. The Morgan fingerprint density at radius 3 is 2.91 bits per heavy atom. The number of carbonyl (C=O) groups excluding carboxylic acids is 1. The van der Waals surface area contributed by atoms with Crippen molar-refractivity contribution in [1.29, 1.82) is 0 Å². The number of anilines is 1. The summed E-state index contributed by atoms with van der Waals surface area (Å²) < 4.78 is 1.20. The van der Waals surface area contributed by atoms with E-state index in [9.17, 15) is 9.90 Å². The molecule has 0 aliphatic carbocycles. The van der Waals surface area contributed by atoms with Crippen LogP contribution in [0.2, 0.25) is 0 Å². The van der Waals surface area contributed by atoms with Gasteiger partial charge in [0.15, 0.2) is 6.54 Å². The number of carboxylic acids is 1. The second-order valence-corrected chi connectivity index (χ2v) is 3.20. The first-order valence-corrected chi connectivity index (χ1v) is 3.74. The number of hydrogen-bond acceptors (Lipinski definition) is 5. The second-order valence-electron chi connectivity index (χ2n) is 1.99. The fourth-order valence-corrected chi connectivity index (χ4v) is 1.33. The van der Waals surface area contributed by atoms with Gasteiger partial charge < -0.3 is 9.90 Å². The maximum Gasteiger partial charge on any atom is 0.354 e. The summed E-state index contributed by atoms with van der Waals surface area (Å²) in [5.74, 6) is -1.19. The number of carboxylic acid groups (broad SMARTS) is 1. The predicted octanol–water partition coefficient (Wildman–Crippen LogP) is -1.93.